The fraction of sp³-hybridized carbons (Fsp3) is 0.0357. The maximum atomic E-state index is 5.23. The maximum absolute atomic E-state index is 5.23. The van der Waals surface area contributed by atoms with Gasteiger partial charge in [-0.25, -0.2) is 19.9 Å². The van der Waals surface area contributed by atoms with Crippen molar-refractivity contribution in [1.29, 1.82) is 0 Å². The molecule has 3 heterocycles. The molecular weight excluding hydrogens is 743 g/mol. The van der Waals surface area contributed by atoms with E-state index in [0.717, 1.165) is 78.2 Å². The number of pyridine rings is 1. The lowest BCUT2D eigenvalue weighted by Crippen LogP contribution is -2.02. The standard InChI is InChI=1S/C56H41N5/c1-3-17-38(4-2)54-58-55(43-31-29-40(30-32-43)39-18-7-5-8-19-39)60-56(59-54)48-36-46(35-47(37-48)50-27-16-23-41-20-11-12-26-49(41)50)44-24-15-25-45(34-44)52-53(42-21-9-6-10-22-42)61-33-14-13-28-51(61)57-52/h3-37H,1-2H3/b17-3-,38-4+. The molecule has 0 aliphatic rings. The van der Waals surface area contributed by atoms with Gasteiger partial charge in [0.05, 0.1) is 11.4 Å². The Morgan fingerprint density at radius 3 is 1.82 bits per heavy atom. The molecular formula is C56H41N5. The molecule has 0 spiro atoms. The Morgan fingerprint density at radius 1 is 0.443 bits per heavy atom. The largest absolute Gasteiger partial charge is 0.299 e. The van der Waals surface area contributed by atoms with Crippen LogP contribution in [0, 0.1) is 0 Å². The predicted octanol–water partition coefficient (Wildman–Crippen LogP) is 14.3. The van der Waals surface area contributed by atoms with E-state index >= 15 is 0 Å². The highest BCUT2D eigenvalue weighted by Gasteiger charge is 2.19. The normalized spacial score (nSPS) is 11.8. The van der Waals surface area contributed by atoms with Gasteiger partial charge in [-0.3, -0.25) is 4.40 Å². The summed E-state index contributed by atoms with van der Waals surface area (Å²) in [6, 6.07) is 66.0. The molecule has 0 radical (unpaired) electrons. The van der Waals surface area contributed by atoms with Gasteiger partial charge in [-0.15, -0.1) is 0 Å². The van der Waals surface area contributed by atoms with E-state index in [4.69, 9.17) is 19.9 Å². The fourth-order valence-corrected chi connectivity index (χ4v) is 8.16. The zero-order valence-electron chi connectivity index (χ0n) is 33.9. The van der Waals surface area contributed by atoms with Gasteiger partial charge in [0, 0.05) is 34.0 Å². The van der Waals surface area contributed by atoms with Crippen molar-refractivity contribution in [2.24, 2.45) is 0 Å². The minimum atomic E-state index is 0.599. The highest BCUT2D eigenvalue weighted by atomic mass is 15.0. The summed E-state index contributed by atoms with van der Waals surface area (Å²) in [6.45, 7) is 4.03. The molecule has 290 valence electrons. The molecule has 3 aromatic heterocycles. The van der Waals surface area contributed by atoms with Crippen molar-refractivity contribution in [1.82, 2.24) is 24.3 Å². The maximum Gasteiger partial charge on any atom is 0.164 e. The van der Waals surface area contributed by atoms with Crippen LogP contribution in [0.4, 0.5) is 0 Å². The van der Waals surface area contributed by atoms with Crippen molar-refractivity contribution in [3.8, 4) is 78.7 Å². The number of imidazole rings is 1. The molecule has 0 N–H and O–H groups in total. The zero-order valence-corrected chi connectivity index (χ0v) is 33.9. The summed E-state index contributed by atoms with van der Waals surface area (Å²) in [6.07, 6.45) is 8.20. The molecule has 7 aromatic carbocycles. The zero-order chi connectivity index (χ0) is 41.1. The number of rotatable bonds is 9. The monoisotopic (exact) mass is 783 g/mol. The predicted molar refractivity (Wildman–Crippen MR) is 253 cm³/mol. The Bertz CT molecular complexity index is 3250. The van der Waals surface area contributed by atoms with Crippen LogP contribution in [-0.4, -0.2) is 24.3 Å². The lowest BCUT2D eigenvalue weighted by atomic mass is 9.92. The lowest BCUT2D eigenvalue weighted by Gasteiger charge is -2.14. The third kappa shape index (κ3) is 7.34. The Kier molecular flexibility index (Phi) is 9.97. The van der Waals surface area contributed by atoms with Crippen LogP contribution < -0.4 is 0 Å². The molecule has 0 aliphatic carbocycles. The smallest absolute Gasteiger partial charge is 0.164 e. The Hall–Kier alpha value is -8.02. The number of benzene rings is 7. The van der Waals surface area contributed by atoms with Gasteiger partial charge in [-0.2, -0.15) is 0 Å². The van der Waals surface area contributed by atoms with E-state index in [1.807, 2.05) is 50.3 Å². The molecule has 5 nitrogen and oxygen atoms in total. The molecule has 5 heteroatoms. The Morgan fingerprint density at radius 2 is 1.03 bits per heavy atom. The number of allylic oxidation sites excluding steroid dienone is 4. The van der Waals surface area contributed by atoms with E-state index in [-0.39, 0.29) is 0 Å². The highest BCUT2D eigenvalue weighted by molar-refractivity contribution is 5.98. The average Bonchev–Trinajstić information content (AvgIpc) is 3.73. The first-order valence-corrected chi connectivity index (χ1v) is 20.6. The van der Waals surface area contributed by atoms with Crippen molar-refractivity contribution in [3.63, 3.8) is 0 Å². The summed E-state index contributed by atoms with van der Waals surface area (Å²) in [5, 5.41) is 2.36. The SMILES string of the molecule is C/C=C\C(=C/C)c1nc(-c2ccc(-c3ccccc3)cc2)nc(-c2cc(-c3cccc(-c4nc5ccccn5c4-c4ccccc4)c3)cc(-c3cccc4ccccc34)c2)n1. The Balaban J connectivity index is 1.17. The van der Waals surface area contributed by atoms with Crippen molar-refractivity contribution >= 4 is 22.0 Å². The molecule has 61 heavy (non-hydrogen) atoms. The van der Waals surface area contributed by atoms with Gasteiger partial charge in [0.25, 0.3) is 0 Å². The molecule has 0 atom stereocenters. The molecule has 0 bridgehead atoms. The van der Waals surface area contributed by atoms with Crippen LogP contribution in [0.2, 0.25) is 0 Å². The number of fused-ring (bicyclic) bond motifs is 2. The van der Waals surface area contributed by atoms with Gasteiger partial charge in [-0.1, -0.05) is 170 Å². The van der Waals surface area contributed by atoms with Crippen LogP contribution in [0.1, 0.15) is 19.7 Å². The van der Waals surface area contributed by atoms with E-state index in [1.54, 1.807) is 0 Å². The van der Waals surface area contributed by atoms with Gasteiger partial charge in [0.1, 0.15) is 5.65 Å². The molecule has 10 rings (SSSR count). The first kappa shape index (κ1) is 37.3. The van der Waals surface area contributed by atoms with E-state index in [2.05, 4.69) is 180 Å². The van der Waals surface area contributed by atoms with Crippen molar-refractivity contribution < 1.29 is 0 Å². The topological polar surface area (TPSA) is 56.0 Å². The second-order valence-electron chi connectivity index (χ2n) is 15.0. The van der Waals surface area contributed by atoms with Gasteiger partial charge >= 0.3 is 0 Å². The van der Waals surface area contributed by atoms with Crippen LogP contribution >= 0.6 is 0 Å². The third-order valence-corrected chi connectivity index (χ3v) is 11.1. The van der Waals surface area contributed by atoms with E-state index in [1.165, 1.54) is 10.8 Å². The van der Waals surface area contributed by atoms with Crippen LogP contribution in [0.15, 0.2) is 212 Å². The average molecular weight is 784 g/mol. The molecule has 0 saturated heterocycles. The molecule has 0 aliphatic heterocycles. The summed E-state index contributed by atoms with van der Waals surface area (Å²) in [7, 11) is 0. The summed E-state index contributed by atoms with van der Waals surface area (Å²) in [5.41, 5.74) is 14.4. The summed E-state index contributed by atoms with van der Waals surface area (Å²) in [5.74, 6) is 1.83. The van der Waals surface area contributed by atoms with Crippen LogP contribution in [0.5, 0.6) is 0 Å². The Labute approximate surface area is 355 Å². The van der Waals surface area contributed by atoms with Crippen LogP contribution in [-0.2, 0) is 0 Å². The molecule has 0 amide bonds. The highest BCUT2D eigenvalue weighted by Crippen LogP contribution is 2.39. The van der Waals surface area contributed by atoms with E-state index in [9.17, 15) is 0 Å². The summed E-state index contributed by atoms with van der Waals surface area (Å²) < 4.78 is 2.18. The molecule has 10 aromatic rings. The first-order valence-electron chi connectivity index (χ1n) is 20.6. The van der Waals surface area contributed by atoms with Crippen molar-refractivity contribution in [2.45, 2.75) is 13.8 Å². The quantitative estimate of drug-likeness (QED) is 0.137. The third-order valence-electron chi connectivity index (χ3n) is 11.1. The van der Waals surface area contributed by atoms with Gasteiger partial charge < -0.3 is 0 Å². The fourth-order valence-electron chi connectivity index (χ4n) is 8.16. The number of aromatic nitrogens is 5. The molecule has 0 fully saturated rings. The van der Waals surface area contributed by atoms with Crippen LogP contribution in [0.3, 0.4) is 0 Å². The number of hydrogen-bond acceptors (Lipinski definition) is 4. The van der Waals surface area contributed by atoms with Crippen molar-refractivity contribution in [3.05, 3.63) is 218 Å². The van der Waals surface area contributed by atoms with Crippen molar-refractivity contribution in [2.75, 3.05) is 0 Å². The van der Waals surface area contributed by atoms with E-state index < -0.39 is 0 Å². The molecule has 0 saturated carbocycles. The lowest BCUT2D eigenvalue weighted by molar-refractivity contribution is 1.04. The second kappa shape index (κ2) is 16.3. The minimum Gasteiger partial charge on any atom is -0.299 e. The van der Waals surface area contributed by atoms with Crippen LogP contribution in [0.25, 0.3) is 101 Å². The van der Waals surface area contributed by atoms with E-state index in [0.29, 0.717) is 17.5 Å². The summed E-state index contributed by atoms with van der Waals surface area (Å²) in [4.78, 5) is 20.7. The van der Waals surface area contributed by atoms with Gasteiger partial charge in [-0.05, 0) is 94.4 Å². The summed E-state index contributed by atoms with van der Waals surface area (Å²) >= 11 is 0. The number of nitrogens with zero attached hydrogens (tertiary/aromatic N) is 5. The number of hydrogen-bond donors (Lipinski definition) is 0. The van der Waals surface area contributed by atoms with Gasteiger partial charge in [0.15, 0.2) is 17.5 Å². The first-order chi connectivity index (χ1) is 30.1. The molecule has 0 unspecified atom stereocenters. The minimum absolute atomic E-state index is 0.599. The van der Waals surface area contributed by atoms with Gasteiger partial charge in [0.2, 0.25) is 0 Å². The second-order valence-corrected chi connectivity index (χ2v) is 15.0.